The van der Waals surface area contributed by atoms with Gasteiger partial charge in [0.1, 0.15) is 24.3 Å². The zero-order valence-electron chi connectivity index (χ0n) is 18.6. The molecular weight excluding hydrogens is 432 g/mol. The number of benzene rings is 1. The molecule has 0 saturated carbocycles. The number of esters is 1. The Morgan fingerprint density at radius 3 is 2.52 bits per heavy atom. The summed E-state index contributed by atoms with van der Waals surface area (Å²) < 4.78 is 10.3. The van der Waals surface area contributed by atoms with Gasteiger partial charge in [0.2, 0.25) is 11.8 Å². The van der Waals surface area contributed by atoms with Gasteiger partial charge in [-0.25, -0.2) is 4.79 Å². The van der Waals surface area contributed by atoms with Gasteiger partial charge >= 0.3 is 12.1 Å². The average molecular weight is 460 g/mol. The molecule has 178 valence electrons. The number of hydrogen-bond donors (Lipinski definition) is 2. The topological polar surface area (TPSA) is 148 Å². The van der Waals surface area contributed by atoms with Crippen molar-refractivity contribution in [3.05, 3.63) is 35.9 Å². The Morgan fingerprint density at radius 2 is 1.91 bits per heavy atom. The van der Waals surface area contributed by atoms with Crippen LogP contribution in [0.4, 0.5) is 4.79 Å². The third-order valence-electron chi connectivity index (χ3n) is 5.83. The first kappa shape index (κ1) is 24.0. The van der Waals surface area contributed by atoms with E-state index in [-0.39, 0.29) is 25.6 Å². The van der Waals surface area contributed by atoms with Crippen LogP contribution in [0.5, 0.6) is 0 Å². The normalized spacial score (nSPS) is 21.2. The number of likely N-dealkylation sites (tertiary alicyclic amines) is 2. The van der Waals surface area contributed by atoms with E-state index in [4.69, 9.17) is 15.2 Å². The molecule has 0 aromatic heterocycles. The van der Waals surface area contributed by atoms with Crippen LogP contribution < -0.4 is 11.1 Å². The molecule has 3 rings (SSSR count). The smallest absolute Gasteiger partial charge is 0.411 e. The molecule has 2 fully saturated rings. The Kier molecular flexibility index (Phi) is 7.19. The summed E-state index contributed by atoms with van der Waals surface area (Å²) in [6, 6.07) is 7.99. The number of carbonyl (C=O) groups is 5. The zero-order chi connectivity index (χ0) is 24.2. The van der Waals surface area contributed by atoms with Crippen molar-refractivity contribution in [2.24, 2.45) is 5.73 Å². The van der Waals surface area contributed by atoms with Gasteiger partial charge in [-0.05, 0) is 25.3 Å². The number of nitrogens with two attached hydrogens (primary N) is 1. The first-order valence-corrected chi connectivity index (χ1v) is 10.7. The maximum atomic E-state index is 12.9. The molecule has 11 heteroatoms. The molecule has 1 spiro atoms. The van der Waals surface area contributed by atoms with Crippen LogP contribution in [0, 0.1) is 0 Å². The van der Waals surface area contributed by atoms with Gasteiger partial charge in [0.25, 0.3) is 5.91 Å². The summed E-state index contributed by atoms with van der Waals surface area (Å²) in [5.74, 6) is -2.47. The minimum absolute atomic E-state index is 0.0988. The molecule has 1 aromatic rings. The standard InChI is InChI=1S/C22H28N4O7/c1-14(33-15(2)27)18(19(23)29)24-17(28)11-25-13-22(20(25)30)9-6-10-26(22)21(31)32-12-16-7-4-3-5-8-16/h3-5,7-8,14,18H,6,9-13H2,1-2H3,(H2,23,29)(H,24,28)/t14?,18-,22?/m0/s1. The molecule has 0 bridgehead atoms. The Morgan fingerprint density at radius 1 is 1.21 bits per heavy atom. The van der Waals surface area contributed by atoms with E-state index in [1.165, 1.54) is 23.6 Å². The highest BCUT2D eigenvalue weighted by Gasteiger charge is 2.60. The number of nitrogens with zero attached hydrogens (tertiary/aromatic N) is 2. The lowest BCUT2D eigenvalue weighted by Gasteiger charge is -2.50. The molecular formula is C22H28N4O7. The number of primary amides is 1. The summed E-state index contributed by atoms with van der Waals surface area (Å²) in [6.07, 6.45) is -0.405. The molecule has 2 aliphatic rings. The number of nitrogens with one attached hydrogen (secondary N) is 1. The first-order chi connectivity index (χ1) is 15.6. The number of ether oxygens (including phenoxy) is 2. The lowest BCUT2D eigenvalue weighted by atomic mass is 9.85. The van der Waals surface area contributed by atoms with Gasteiger partial charge in [0, 0.05) is 13.5 Å². The molecule has 0 radical (unpaired) electrons. The van der Waals surface area contributed by atoms with E-state index < -0.39 is 41.6 Å². The van der Waals surface area contributed by atoms with Crippen LogP contribution in [0.1, 0.15) is 32.3 Å². The second kappa shape index (κ2) is 9.88. The lowest BCUT2D eigenvalue weighted by Crippen LogP contribution is -2.73. The molecule has 4 amide bonds. The van der Waals surface area contributed by atoms with E-state index in [2.05, 4.69) is 5.32 Å². The van der Waals surface area contributed by atoms with E-state index in [1.54, 1.807) is 0 Å². The van der Waals surface area contributed by atoms with Gasteiger partial charge in [-0.2, -0.15) is 0 Å². The molecule has 3 N–H and O–H groups in total. The monoisotopic (exact) mass is 460 g/mol. The van der Waals surface area contributed by atoms with Crippen molar-refractivity contribution in [1.29, 1.82) is 0 Å². The van der Waals surface area contributed by atoms with Crippen molar-refractivity contribution < 1.29 is 33.4 Å². The van der Waals surface area contributed by atoms with Gasteiger partial charge in [-0.1, -0.05) is 30.3 Å². The lowest BCUT2D eigenvalue weighted by molar-refractivity contribution is -0.162. The molecule has 11 nitrogen and oxygen atoms in total. The van der Waals surface area contributed by atoms with Crippen LogP contribution in [0.15, 0.2) is 30.3 Å². The zero-order valence-corrected chi connectivity index (χ0v) is 18.6. The molecule has 2 aliphatic heterocycles. The van der Waals surface area contributed by atoms with Gasteiger partial charge in [-0.15, -0.1) is 0 Å². The quantitative estimate of drug-likeness (QED) is 0.407. The second-order valence-electron chi connectivity index (χ2n) is 8.25. The largest absolute Gasteiger partial charge is 0.460 e. The summed E-state index contributed by atoms with van der Waals surface area (Å²) in [6.45, 7) is 2.96. The predicted octanol–water partition coefficient (Wildman–Crippen LogP) is -0.0783. The van der Waals surface area contributed by atoms with Crippen molar-refractivity contribution in [2.45, 2.75) is 51.0 Å². The molecule has 0 aliphatic carbocycles. The third-order valence-corrected chi connectivity index (χ3v) is 5.83. The molecule has 2 unspecified atom stereocenters. The summed E-state index contributed by atoms with van der Waals surface area (Å²) in [7, 11) is 0. The van der Waals surface area contributed by atoms with Crippen molar-refractivity contribution in [3.63, 3.8) is 0 Å². The van der Waals surface area contributed by atoms with Gasteiger partial charge in [-0.3, -0.25) is 24.1 Å². The minimum atomic E-state index is -1.23. The Balaban J connectivity index is 1.55. The maximum absolute atomic E-state index is 12.9. The minimum Gasteiger partial charge on any atom is -0.460 e. The van der Waals surface area contributed by atoms with Crippen molar-refractivity contribution in [2.75, 3.05) is 19.6 Å². The number of β-lactam (4-membered cyclic amide) rings is 1. The fourth-order valence-corrected chi connectivity index (χ4v) is 4.26. The third kappa shape index (κ3) is 5.24. The maximum Gasteiger partial charge on any atom is 0.411 e. The van der Waals surface area contributed by atoms with E-state index in [1.807, 2.05) is 30.3 Å². The number of amides is 4. The Labute approximate surface area is 191 Å². The summed E-state index contributed by atoms with van der Waals surface area (Å²) in [5, 5.41) is 2.40. The fourth-order valence-electron chi connectivity index (χ4n) is 4.26. The summed E-state index contributed by atoms with van der Waals surface area (Å²) in [5.41, 5.74) is 5.12. The average Bonchev–Trinajstić information content (AvgIpc) is 3.22. The SMILES string of the molecule is CC(=O)OC(C)[C@H](NC(=O)CN1CC2(CCCN2C(=O)OCc2ccccc2)C1=O)C(N)=O. The van der Waals surface area contributed by atoms with Gasteiger partial charge in [0.15, 0.2) is 0 Å². The van der Waals surface area contributed by atoms with Crippen LogP contribution in [-0.4, -0.2) is 76.9 Å². The summed E-state index contributed by atoms with van der Waals surface area (Å²) in [4.78, 5) is 63.5. The van der Waals surface area contributed by atoms with E-state index in [0.717, 1.165) is 5.56 Å². The van der Waals surface area contributed by atoms with Crippen molar-refractivity contribution in [1.82, 2.24) is 15.1 Å². The van der Waals surface area contributed by atoms with Crippen LogP contribution >= 0.6 is 0 Å². The Bertz CT molecular complexity index is 938. The highest BCUT2D eigenvalue weighted by molar-refractivity contribution is 5.99. The van der Waals surface area contributed by atoms with Crippen LogP contribution in [0.25, 0.3) is 0 Å². The fraction of sp³-hybridized carbons (Fsp3) is 0.500. The number of carbonyl (C=O) groups excluding carboxylic acids is 5. The Hall–Kier alpha value is -3.63. The van der Waals surface area contributed by atoms with E-state index >= 15 is 0 Å². The highest BCUT2D eigenvalue weighted by Crippen LogP contribution is 2.39. The molecule has 3 atom stereocenters. The highest BCUT2D eigenvalue weighted by atomic mass is 16.6. The molecule has 1 aromatic carbocycles. The van der Waals surface area contributed by atoms with Crippen LogP contribution in [0.3, 0.4) is 0 Å². The first-order valence-electron chi connectivity index (χ1n) is 10.7. The van der Waals surface area contributed by atoms with Gasteiger partial charge < -0.3 is 25.4 Å². The van der Waals surface area contributed by atoms with Crippen LogP contribution in [0.2, 0.25) is 0 Å². The number of hydrogen-bond acceptors (Lipinski definition) is 7. The molecule has 33 heavy (non-hydrogen) atoms. The van der Waals surface area contributed by atoms with E-state index in [0.29, 0.717) is 19.4 Å². The van der Waals surface area contributed by atoms with Crippen molar-refractivity contribution in [3.8, 4) is 0 Å². The predicted molar refractivity (Wildman–Crippen MR) is 114 cm³/mol. The van der Waals surface area contributed by atoms with E-state index in [9.17, 15) is 24.0 Å². The second-order valence-corrected chi connectivity index (χ2v) is 8.25. The number of rotatable bonds is 8. The van der Waals surface area contributed by atoms with Gasteiger partial charge in [0.05, 0.1) is 13.1 Å². The summed E-state index contributed by atoms with van der Waals surface area (Å²) >= 11 is 0. The molecule has 2 heterocycles. The molecule has 2 saturated heterocycles. The van der Waals surface area contributed by atoms with Crippen molar-refractivity contribution >= 4 is 29.8 Å². The van der Waals surface area contributed by atoms with Crippen LogP contribution in [-0.2, 0) is 35.3 Å².